The van der Waals surface area contributed by atoms with E-state index in [9.17, 15) is 18.0 Å². The summed E-state index contributed by atoms with van der Waals surface area (Å²) in [5.74, 6) is -1.03. The average Bonchev–Trinajstić information content (AvgIpc) is 2.43. The van der Waals surface area contributed by atoms with Crippen LogP contribution in [0.3, 0.4) is 0 Å². The molecule has 1 unspecified atom stereocenters. The fourth-order valence-electron chi connectivity index (χ4n) is 1.55. The lowest BCUT2D eigenvalue weighted by molar-refractivity contribution is -0.105. The van der Waals surface area contributed by atoms with E-state index >= 15 is 0 Å². The minimum Gasteiger partial charge on any atom is -0.394 e. The zero-order valence-corrected chi connectivity index (χ0v) is 13.4. The number of rotatable bonds is 5. The Morgan fingerprint density at radius 2 is 2.09 bits per heavy atom. The van der Waals surface area contributed by atoms with Gasteiger partial charge < -0.3 is 15.3 Å². The Kier molecular flexibility index (Phi) is 6.55. The van der Waals surface area contributed by atoms with Gasteiger partial charge in [0.15, 0.2) is 0 Å². The Balaban J connectivity index is 2.88. The van der Waals surface area contributed by atoms with E-state index in [1.165, 1.54) is 11.9 Å². The van der Waals surface area contributed by atoms with Gasteiger partial charge in [0, 0.05) is 11.9 Å². The molecule has 0 saturated heterocycles. The van der Waals surface area contributed by atoms with Crippen LogP contribution in [0, 0.1) is 6.92 Å². The fourth-order valence-corrected chi connectivity index (χ4v) is 2.30. The molecule has 0 radical (unpaired) electrons. The SMILES string of the molecule is Cc1ccc(SCC(F)(F)F)c(NC(=O)N(C)C(C)CO)c1. The van der Waals surface area contributed by atoms with Crippen LogP contribution in [-0.2, 0) is 0 Å². The molecule has 0 aliphatic rings. The largest absolute Gasteiger partial charge is 0.398 e. The van der Waals surface area contributed by atoms with E-state index in [0.717, 1.165) is 5.56 Å². The lowest BCUT2D eigenvalue weighted by Crippen LogP contribution is -2.40. The summed E-state index contributed by atoms with van der Waals surface area (Å²) in [5.41, 5.74) is 1.15. The number of hydrogen-bond acceptors (Lipinski definition) is 3. The summed E-state index contributed by atoms with van der Waals surface area (Å²) >= 11 is 0.623. The molecule has 0 heterocycles. The first kappa shape index (κ1) is 18.6. The molecule has 0 aromatic heterocycles. The van der Waals surface area contributed by atoms with Crippen molar-refractivity contribution in [3.8, 4) is 0 Å². The number of halogens is 3. The van der Waals surface area contributed by atoms with Crippen molar-refractivity contribution >= 4 is 23.5 Å². The molecule has 0 saturated carbocycles. The molecule has 22 heavy (non-hydrogen) atoms. The zero-order valence-electron chi connectivity index (χ0n) is 12.6. The molecule has 0 aliphatic heterocycles. The molecule has 1 aromatic carbocycles. The van der Waals surface area contributed by atoms with Crippen LogP contribution in [0.4, 0.5) is 23.7 Å². The molecule has 0 spiro atoms. The monoisotopic (exact) mass is 336 g/mol. The van der Waals surface area contributed by atoms with Gasteiger partial charge in [-0.15, -0.1) is 11.8 Å². The van der Waals surface area contributed by atoms with E-state index in [0.29, 0.717) is 22.3 Å². The van der Waals surface area contributed by atoms with Crippen molar-refractivity contribution in [2.24, 2.45) is 0 Å². The minimum absolute atomic E-state index is 0.201. The van der Waals surface area contributed by atoms with Gasteiger partial charge in [0.1, 0.15) is 0 Å². The van der Waals surface area contributed by atoms with Crippen molar-refractivity contribution in [2.45, 2.75) is 31.0 Å². The Labute approximate surface area is 131 Å². The van der Waals surface area contributed by atoms with Crippen LogP contribution >= 0.6 is 11.8 Å². The van der Waals surface area contributed by atoms with Crippen LogP contribution in [0.2, 0.25) is 0 Å². The third-order valence-corrected chi connectivity index (χ3v) is 4.15. The molecule has 4 nitrogen and oxygen atoms in total. The van der Waals surface area contributed by atoms with E-state index in [-0.39, 0.29) is 6.61 Å². The number of aryl methyl sites for hydroxylation is 1. The van der Waals surface area contributed by atoms with Crippen molar-refractivity contribution in [1.29, 1.82) is 0 Å². The van der Waals surface area contributed by atoms with Crippen LogP contribution in [0.1, 0.15) is 12.5 Å². The summed E-state index contributed by atoms with van der Waals surface area (Å²) in [6, 6.07) is 3.98. The number of nitrogens with one attached hydrogen (secondary N) is 1. The summed E-state index contributed by atoms with van der Waals surface area (Å²) in [7, 11) is 1.51. The molecule has 1 rings (SSSR count). The highest BCUT2D eigenvalue weighted by Gasteiger charge is 2.28. The van der Waals surface area contributed by atoms with Crippen LogP contribution in [0.5, 0.6) is 0 Å². The van der Waals surface area contributed by atoms with E-state index in [2.05, 4.69) is 5.32 Å². The molecule has 2 N–H and O–H groups in total. The first-order valence-electron chi connectivity index (χ1n) is 6.59. The molecule has 1 aromatic rings. The highest BCUT2D eigenvalue weighted by atomic mass is 32.2. The molecule has 2 amide bonds. The van der Waals surface area contributed by atoms with Gasteiger partial charge >= 0.3 is 12.2 Å². The maximum absolute atomic E-state index is 12.4. The number of anilines is 1. The Morgan fingerprint density at radius 1 is 1.45 bits per heavy atom. The number of thioether (sulfide) groups is 1. The maximum Gasteiger partial charge on any atom is 0.398 e. The molecule has 0 aliphatic carbocycles. The van der Waals surface area contributed by atoms with Crippen LogP contribution in [0.25, 0.3) is 0 Å². The predicted octanol–water partition coefficient (Wildman–Crippen LogP) is 3.49. The second-order valence-corrected chi connectivity index (χ2v) is 5.99. The predicted molar refractivity (Wildman–Crippen MR) is 81.3 cm³/mol. The number of benzene rings is 1. The minimum atomic E-state index is -4.28. The topological polar surface area (TPSA) is 52.6 Å². The van der Waals surface area contributed by atoms with E-state index in [1.54, 1.807) is 32.0 Å². The highest BCUT2D eigenvalue weighted by molar-refractivity contribution is 7.99. The number of alkyl halides is 3. The number of amides is 2. The van der Waals surface area contributed by atoms with Gasteiger partial charge in [-0.2, -0.15) is 13.2 Å². The number of carbonyl (C=O) groups excluding carboxylic acids is 1. The maximum atomic E-state index is 12.4. The van der Waals surface area contributed by atoms with Gasteiger partial charge in [0.05, 0.1) is 24.1 Å². The number of nitrogens with zero attached hydrogens (tertiary/aromatic N) is 1. The van der Waals surface area contributed by atoms with E-state index in [4.69, 9.17) is 5.11 Å². The smallest absolute Gasteiger partial charge is 0.394 e. The second-order valence-electron chi connectivity index (χ2n) is 4.98. The number of carbonyl (C=O) groups is 1. The molecule has 0 bridgehead atoms. The molecule has 8 heteroatoms. The van der Waals surface area contributed by atoms with Crippen molar-refractivity contribution in [3.05, 3.63) is 23.8 Å². The third kappa shape index (κ3) is 5.76. The lowest BCUT2D eigenvalue weighted by atomic mass is 10.2. The quantitative estimate of drug-likeness (QED) is 0.809. The molecule has 1 atom stereocenters. The summed E-state index contributed by atoms with van der Waals surface area (Å²) in [6.45, 7) is 3.25. The molecule has 0 fully saturated rings. The number of hydrogen-bond donors (Lipinski definition) is 2. The Hall–Kier alpha value is -1.41. The number of aliphatic hydroxyl groups excluding tert-OH is 1. The fraction of sp³-hybridized carbons (Fsp3) is 0.500. The van der Waals surface area contributed by atoms with Gasteiger partial charge in [-0.25, -0.2) is 4.79 Å². The van der Waals surface area contributed by atoms with Gasteiger partial charge in [0.25, 0.3) is 0 Å². The first-order chi connectivity index (χ1) is 10.1. The van der Waals surface area contributed by atoms with Gasteiger partial charge in [-0.05, 0) is 31.5 Å². The summed E-state index contributed by atoms with van der Waals surface area (Å²) in [5, 5.41) is 11.6. The Morgan fingerprint density at radius 3 is 2.64 bits per heavy atom. The normalized spacial score (nSPS) is 12.9. The molecule has 124 valence electrons. The average molecular weight is 336 g/mol. The van der Waals surface area contributed by atoms with Crippen LogP contribution in [0.15, 0.2) is 23.1 Å². The third-order valence-electron chi connectivity index (χ3n) is 3.01. The summed E-state index contributed by atoms with van der Waals surface area (Å²) in [6.07, 6.45) is -4.28. The van der Waals surface area contributed by atoms with E-state index < -0.39 is 24.0 Å². The summed E-state index contributed by atoms with van der Waals surface area (Å²) < 4.78 is 37.1. The van der Waals surface area contributed by atoms with Crippen LogP contribution in [-0.4, -0.2) is 47.7 Å². The van der Waals surface area contributed by atoms with Crippen LogP contribution < -0.4 is 5.32 Å². The van der Waals surface area contributed by atoms with Crippen molar-refractivity contribution in [1.82, 2.24) is 4.90 Å². The van der Waals surface area contributed by atoms with Crippen molar-refractivity contribution in [2.75, 3.05) is 24.7 Å². The van der Waals surface area contributed by atoms with Gasteiger partial charge in [-0.3, -0.25) is 0 Å². The lowest BCUT2D eigenvalue weighted by Gasteiger charge is -2.24. The number of aliphatic hydroxyl groups is 1. The standard InChI is InChI=1S/C14H19F3N2O2S/c1-9-4-5-12(22-8-14(15,16)17)11(6-9)18-13(21)19(3)10(2)7-20/h4-6,10,20H,7-8H2,1-3H3,(H,18,21). The molecular formula is C14H19F3N2O2S. The zero-order chi connectivity index (χ0) is 16.9. The van der Waals surface area contributed by atoms with Gasteiger partial charge in [-0.1, -0.05) is 6.07 Å². The number of likely N-dealkylation sites (N-methyl/N-ethyl adjacent to an activating group) is 1. The van der Waals surface area contributed by atoms with Crippen molar-refractivity contribution in [3.63, 3.8) is 0 Å². The first-order valence-corrected chi connectivity index (χ1v) is 7.57. The summed E-state index contributed by atoms with van der Waals surface area (Å²) in [4.78, 5) is 13.7. The molecular weight excluding hydrogens is 317 g/mol. The second kappa shape index (κ2) is 7.73. The number of urea groups is 1. The highest BCUT2D eigenvalue weighted by Crippen LogP contribution is 2.33. The van der Waals surface area contributed by atoms with E-state index in [1.807, 2.05) is 0 Å². The van der Waals surface area contributed by atoms with Crippen molar-refractivity contribution < 1.29 is 23.1 Å². The van der Waals surface area contributed by atoms with Gasteiger partial charge in [0.2, 0.25) is 0 Å². The Bertz CT molecular complexity index is 523.